The quantitative estimate of drug-likeness (QED) is 0.387. The molecule has 0 saturated heterocycles. The van der Waals surface area contributed by atoms with Crippen molar-refractivity contribution in [1.82, 2.24) is 10.3 Å². The Balaban J connectivity index is 1.50. The molecule has 3 aromatic rings. The fourth-order valence-electron chi connectivity index (χ4n) is 6.06. The van der Waals surface area contributed by atoms with Crippen molar-refractivity contribution in [2.24, 2.45) is 11.8 Å². The summed E-state index contributed by atoms with van der Waals surface area (Å²) in [5, 5.41) is 5.45. The Hall–Kier alpha value is -2.26. The summed E-state index contributed by atoms with van der Waals surface area (Å²) in [6, 6.07) is 16.9. The van der Waals surface area contributed by atoms with Crippen molar-refractivity contribution < 1.29 is 4.79 Å². The lowest BCUT2D eigenvalue weighted by molar-refractivity contribution is -0.128. The second-order valence-electron chi connectivity index (χ2n) is 10.1. The van der Waals surface area contributed by atoms with Gasteiger partial charge in [0, 0.05) is 33.6 Å². The molecule has 1 heterocycles. The number of aromatic nitrogens is 1. The van der Waals surface area contributed by atoms with Crippen LogP contribution >= 0.6 is 11.6 Å². The lowest BCUT2D eigenvalue weighted by Gasteiger charge is -2.32. The topological polar surface area (TPSA) is 44.9 Å². The molecule has 3 nitrogen and oxygen atoms in total. The number of para-hydroxylation sites is 1. The number of nitrogens with one attached hydrogen (secondary N) is 2. The third-order valence-electron chi connectivity index (χ3n) is 7.88. The Labute approximate surface area is 202 Å². The SMILES string of the molecule is O=C(NC1CCCCC1)C(Cc1c(-c2ccc(Cl)cc2)[nH]c2ccccc12)C1CCCCC1. The van der Waals surface area contributed by atoms with E-state index in [-0.39, 0.29) is 11.8 Å². The zero-order valence-electron chi connectivity index (χ0n) is 19.4. The van der Waals surface area contributed by atoms with Crippen molar-refractivity contribution >= 4 is 28.4 Å². The molecule has 174 valence electrons. The average Bonchev–Trinajstić information content (AvgIpc) is 3.22. The number of rotatable bonds is 6. The molecular weight excluding hydrogens is 428 g/mol. The number of halogens is 1. The summed E-state index contributed by atoms with van der Waals surface area (Å²) in [5.41, 5.74) is 4.65. The molecule has 0 spiro atoms. The van der Waals surface area contributed by atoms with Crippen molar-refractivity contribution in [1.29, 1.82) is 0 Å². The van der Waals surface area contributed by atoms with E-state index in [0.29, 0.717) is 12.0 Å². The average molecular weight is 463 g/mol. The van der Waals surface area contributed by atoms with E-state index in [4.69, 9.17) is 11.6 Å². The number of aromatic amines is 1. The molecular formula is C29H35ClN2O. The van der Waals surface area contributed by atoms with Crippen molar-refractivity contribution in [3.8, 4) is 11.3 Å². The van der Waals surface area contributed by atoms with Gasteiger partial charge >= 0.3 is 0 Å². The highest BCUT2D eigenvalue weighted by Crippen LogP contribution is 2.38. The molecule has 2 aliphatic carbocycles. The van der Waals surface area contributed by atoms with E-state index in [1.807, 2.05) is 12.1 Å². The van der Waals surface area contributed by atoms with Gasteiger partial charge in [-0.05, 0) is 67.3 Å². The molecule has 2 fully saturated rings. The number of amides is 1. The number of hydrogen-bond donors (Lipinski definition) is 2. The highest BCUT2D eigenvalue weighted by atomic mass is 35.5. The van der Waals surface area contributed by atoms with Crippen molar-refractivity contribution in [2.75, 3.05) is 0 Å². The van der Waals surface area contributed by atoms with Gasteiger partial charge in [0.05, 0.1) is 0 Å². The smallest absolute Gasteiger partial charge is 0.223 e. The van der Waals surface area contributed by atoms with E-state index in [9.17, 15) is 4.79 Å². The predicted octanol–water partition coefficient (Wildman–Crippen LogP) is 7.68. The van der Waals surface area contributed by atoms with Crippen LogP contribution in [0.5, 0.6) is 0 Å². The fourth-order valence-corrected chi connectivity index (χ4v) is 6.19. The molecule has 1 amide bonds. The maximum Gasteiger partial charge on any atom is 0.223 e. The highest BCUT2D eigenvalue weighted by molar-refractivity contribution is 6.30. The molecule has 4 heteroatoms. The molecule has 0 radical (unpaired) electrons. The predicted molar refractivity (Wildman–Crippen MR) is 138 cm³/mol. The van der Waals surface area contributed by atoms with Crippen LogP contribution in [-0.4, -0.2) is 16.9 Å². The minimum absolute atomic E-state index is 0.0254. The molecule has 5 rings (SSSR count). The fraction of sp³-hybridized carbons (Fsp3) is 0.483. The van der Waals surface area contributed by atoms with Crippen LogP contribution in [0.15, 0.2) is 48.5 Å². The molecule has 2 N–H and O–H groups in total. The lowest BCUT2D eigenvalue weighted by Crippen LogP contribution is -2.43. The van der Waals surface area contributed by atoms with Crippen LogP contribution in [0, 0.1) is 11.8 Å². The van der Waals surface area contributed by atoms with Gasteiger partial charge in [-0.2, -0.15) is 0 Å². The first kappa shape index (κ1) is 22.5. The summed E-state index contributed by atoms with van der Waals surface area (Å²) in [5.74, 6) is 0.771. The van der Waals surface area contributed by atoms with E-state index < -0.39 is 0 Å². The number of carbonyl (C=O) groups excluding carboxylic acids is 1. The van der Waals surface area contributed by atoms with Gasteiger partial charge in [0.1, 0.15) is 0 Å². The van der Waals surface area contributed by atoms with Crippen molar-refractivity contribution in [2.45, 2.75) is 76.7 Å². The van der Waals surface area contributed by atoms with Gasteiger partial charge < -0.3 is 10.3 Å². The first-order chi connectivity index (χ1) is 16.2. The van der Waals surface area contributed by atoms with E-state index >= 15 is 0 Å². The van der Waals surface area contributed by atoms with Crippen molar-refractivity contribution in [3.63, 3.8) is 0 Å². The third-order valence-corrected chi connectivity index (χ3v) is 8.13. The van der Waals surface area contributed by atoms with Crippen LogP contribution in [0.2, 0.25) is 5.02 Å². The number of H-pyrrole nitrogens is 1. The first-order valence-electron chi connectivity index (χ1n) is 12.8. The van der Waals surface area contributed by atoms with E-state index in [2.05, 4.69) is 46.7 Å². The normalized spacial score (nSPS) is 18.9. The monoisotopic (exact) mass is 462 g/mol. The largest absolute Gasteiger partial charge is 0.354 e. The van der Waals surface area contributed by atoms with Crippen LogP contribution in [-0.2, 0) is 11.2 Å². The van der Waals surface area contributed by atoms with Gasteiger partial charge in [-0.15, -0.1) is 0 Å². The first-order valence-corrected chi connectivity index (χ1v) is 13.2. The number of benzene rings is 2. The Morgan fingerprint density at radius 2 is 1.58 bits per heavy atom. The Morgan fingerprint density at radius 1 is 0.909 bits per heavy atom. The maximum absolute atomic E-state index is 13.7. The molecule has 2 aliphatic rings. The zero-order valence-corrected chi connectivity index (χ0v) is 20.2. The number of hydrogen-bond acceptors (Lipinski definition) is 1. The second kappa shape index (κ2) is 10.3. The molecule has 0 bridgehead atoms. The standard InChI is InChI=1S/C29H35ClN2O/c30-22-17-15-21(16-18-22)28-26(24-13-7-8-14-27(24)32-28)19-25(20-9-3-1-4-10-20)29(33)31-23-11-5-2-6-12-23/h7-8,13-18,20,23,25,32H,1-6,9-12,19H2,(H,31,33). The third kappa shape index (κ3) is 5.14. The number of fused-ring (bicyclic) bond motifs is 1. The summed E-state index contributed by atoms with van der Waals surface area (Å²) in [6.07, 6.45) is 13.0. The molecule has 2 saturated carbocycles. The van der Waals surface area contributed by atoms with Crippen LogP contribution in [0.1, 0.15) is 69.8 Å². The van der Waals surface area contributed by atoms with E-state index in [1.165, 1.54) is 62.3 Å². The second-order valence-corrected chi connectivity index (χ2v) is 10.5. The van der Waals surface area contributed by atoms with Crippen LogP contribution < -0.4 is 5.32 Å². The summed E-state index contributed by atoms with van der Waals surface area (Å²) in [4.78, 5) is 17.4. The molecule has 1 unspecified atom stereocenters. The van der Waals surface area contributed by atoms with Gasteiger partial charge in [0.2, 0.25) is 5.91 Å². The highest BCUT2D eigenvalue weighted by Gasteiger charge is 2.32. The summed E-state index contributed by atoms with van der Waals surface area (Å²) >= 11 is 6.17. The van der Waals surface area contributed by atoms with Gasteiger partial charge in [-0.25, -0.2) is 0 Å². The van der Waals surface area contributed by atoms with Gasteiger partial charge in [0.25, 0.3) is 0 Å². The zero-order chi connectivity index (χ0) is 22.6. The molecule has 33 heavy (non-hydrogen) atoms. The maximum atomic E-state index is 13.7. The Morgan fingerprint density at radius 3 is 2.30 bits per heavy atom. The lowest BCUT2D eigenvalue weighted by atomic mass is 9.76. The van der Waals surface area contributed by atoms with Gasteiger partial charge in [0.15, 0.2) is 0 Å². The number of carbonyl (C=O) groups is 1. The summed E-state index contributed by atoms with van der Waals surface area (Å²) < 4.78 is 0. The summed E-state index contributed by atoms with van der Waals surface area (Å²) in [6.45, 7) is 0. The molecule has 2 aromatic carbocycles. The Bertz CT molecular complexity index is 1070. The van der Waals surface area contributed by atoms with E-state index in [1.54, 1.807) is 0 Å². The van der Waals surface area contributed by atoms with E-state index in [0.717, 1.165) is 41.1 Å². The van der Waals surface area contributed by atoms with Gasteiger partial charge in [-0.1, -0.05) is 80.5 Å². The molecule has 1 aromatic heterocycles. The minimum atomic E-state index is 0.0254. The Kier molecular flexibility index (Phi) is 7.06. The van der Waals surface area contributed by atoms with Crippen LogP contribution in [0.3, 0.4) is 0 Å². The van der Waals surface area contributed by atoms with Crippen molar-refractivity contribution in [3.05, 3.63) is 59.1 Å². The minimum Gasteiger partial charge on any atom is -0.354 e. The van der Waals surface area contributed by atoms with Crippen LogP contribution in [0.25, 0.3) is 22.2 Å². The van der Waals surface area contributed by atoms with Gasteiger partial charge in [-0.3, -0.25) is 4.79 Å². The summed E-state index contributed by atoms with van der Waals surface area (Å²) in [7, 11) is 0. The molecule has 1 atom stereocenters. The molecule has 0 aliphatic heterocycles. The van der Waals surface area contributed by atoms with Crippen LogP contribution in [0.4, 0.5) is 0 Å².